The van der Waals surface area contributed by atoms with E-state index in [4.69, 9.17) is 0 Å². The fourth-order valence-electron chi connectivity index (χ4n) is 2.21. The van der Waals surface area contributed by atoms with Crippen LogP contribution in [-0.2, 0) is 0 Å². The quantitative estimate of drug-likeness (QED) is 0.579. The Kier molecular flexibility index (Phi) is 3.61. The molecule has 1 aliphatic rings. The van der Waals surface area contributed by atoms with Crippen molar-refractivity contribution in [3.63, 3.8) is 0 Å². The summed E-state index contributed by atoms with van der Waals surface area (Å²) in [6.07, 6.45) is 5.82. The molecule has 0 bridgehead atoms. The average Bonchev–Trinajstić information content (AvgIpc) is 2.65. The molecular formula is C12H24. The highest BCUT2D eigenvalue weighted by atomic mass is 14.4. The lowest BCUT2D eigenvalue weighted by atomic mass is 9.86. The first-order valence-corrected chi connectivity index (χ1v) is 5.65. The summed E-state index contributed by atoms with van der Waals surface area (Å²) in [5.41, 5.74) is 0. The van der Waals surface area contributed by atoms with Gasteiger partial charge in [0.05, 0.1) is 0 Å². The maximum absolute atomic E-state index is 2.40. The smallest absolute Gasteiger partial charge is 0.0383 e. The van der Waals surface area contributed by atoms with Gasteiger partial charge >= 0.3 is 0 Å². The van der Waals surface area contributed by atoms with Crippen molar-refractivity contribution in [2.45, 2.75) is 53.4 Å². The summed E-state index contributed by atoms with van der Waals surface area (Å²) in [6, 6.07) is 0. The van der Waals surface area contributed by atoms with E-state index < -0.39 is 0 Å². The third-order valence-electron chi connectivity index (χ3n) is 3.48. The predicted molar refractivity (Wildman–Crippen MR) is 55.1 cm³/mol. The van der Waals surface area contributed by atoms with Gasteiger partial charge in [-0.3, -0.25) is 0 Å². The van der Waals surface area contributed by atoms with Crippen molar-refractivity contribution < 1.29 is 0 Å². The first-order chi connectivity index (χ1) is 5.65. The summed E-state index contributed by atoms with van der Waals surface area (Å²) >= 11 is 0. The molecule has 0 spiro atoms. The largest absolute Gasteiger partial charge is 0.0654 e. The first kappa shape index (κ1) is 10.1. The fourth-order valence-corrected chi connectivity index (χ4v) is 2.21. The van der Waals surface area contributed by atoms with Gasteiger partial charge in [-0.15, -0.1) is 0 Å². The lowest BCUT2D eigenvalue weighted by molar-refractivity contribution is 0.314. The summed E-state index contributed by atoms with van der Waals surface area (Å²) < 4.78 is 0. The van der Waals surface area contributed by atoms with Crippen LogP contribution in [0.15, 0.2) is 0 Å². The van der Waals surface area contributed by atoms with E-state index in [1.165, 1.54) is 25.7 Å². The van der Waals surface area contributed by atoms with Crippen LogP contribution < -0.4 is 0 Å². The van der Waals surface area contributed by atoms with Crippen LogP contribution in [0.25, 0.3) is 0 Å². The van der Waals surface area contributed by atoms with E-state index in [1.807, 2.05) is 0 Å². The molecule has 0 amide bonds. The molecule has 0 radical (unpaired) electrons. The van der Waals surface area contributed by atoms with E-state index in [0.29, 0.717) is 0 Å². The minimum Gasteiger partial charge on any atom is -0.0654 e. The second kappa shape index (κ2) is 4.30. The molecule has 1 fully saturated rings. The zero-order valence-corrected chi connectivity index (χ0v) is 9.14. The molecule has 0 N–H and O–H groups in total. The van der Waals surface area contributed by atoms with Crippen molar-refractivity contribution in [1.82, 2.24) is 0 Å². The first-order valence-electron chi connectivity index (χ1n) is 5.65. The van der Waals surface area contributed by atoms with Gasteiger partial charge in [0, 0.05) is 0 Å². The molecule has 0 aromatic heterocycles. The second-order valence-electron chi connectivity index (χ2n) is 5.00. The molecule has 1 rings (SSSR count). The van der Waals surface area contributed by atoms with Crippen LogP contribution in [0.4, 0.5) is 0 Å². The fraction of sp³-hybridized carbons (Fsp3) is 1.00. The summed E-state index contributed by atoms with van der Waals surface area (Å²) in [6.45, 7) is 9.47. The van der Waals surface area contributed by atoms with Gasteiger partial charge in [-0.05, 0) is 36.5 Å². The van der Waals surface area contributed by atoms with Crippen LogP contribution in [0.5, 0.6) is 0 Å². The Morgan fingerprint density at radius 2 is 1.92 bits per heavy atom. The van der Waals surface area contributed by atoms with Gasteiger partial charge in [0.2, 0.25) is 0 Å². The molecule has 72 valence electrons. The third kappa shape index (κ3) is 2.80. The molecular weight excluding hydrogens is 144 g/mol. The Morgan fingerprint density at radius 3 is 2.25 bits per heavy atom. The van der Waals surface area contributed by atoms with Crippen LogP contribution >= 0.6 is 0 Å². The van der Waals surface area contributed by atoms with Gasteiger partial charge in [0.15, 0.2) is 0 Å². The van der Waals surface area contributed by atoms with Crippen molar-refractivity contribution in [3.8, 4) is 0 Å². The zero-order valence-electron chi connectivity index (χ0n) is 9.14. The lowest BCUT2D eigenvalue weighted by Gasteiger charge is -2.19. The molecule has 0 aromatic carbocycles. The van der Waals surface area contributed by atoms with Crippen molar-refractivity contribution in [3.05, 3.63) is 0 Å². The standard InChI is InChI=1S/C12H24/c1-5-6-11(9(2)3)8-12-7-10(12)4/h9-12H,5-8H2,1-4H3. The normalized spacial score (nSPS) is 30.8. The number of hydrogen-bond acceptors (Lipinski definition) is 0. The molecule has 12 heavy (non-hydrogen) atoms. The molecule has 0 nitrogen and oxygen atoms in total. The van der Waals surface area contributed by atoms with E-state index >= 15 is 0 Å². The Bertz CT molecular complexity index is 126. The molecule has 0 aromatic rings. The van der Waals surface area contributed by atoms with Gasteiger partial charge in [0.25, 0.3) is 0 Å². The minimum absolute atomic E-state index is 0.901. The molecule has 0 saturated heterocycles. The van der Waals surface area contributed by atoms with Crippen LogP contribution in [0, 0.1) is 23.7 Å². The van der Waals surface area contributed by atoms with E-state index in [-0.39, 0.29) is 0 Å². The predicted octanol–water partition coefficient (Wildman–Crippen LogP) is 4.10. The molecule has 0 heterocycles. The second-order valence-corrected chi connectivity index (χ2v) is 5.00. The number of hydrogen-bond donors (Lipinski definition) is 0. The van der Waals surface area contributed by atoms with Crippen molar-refractivity contribution >= 4 is 0 Å². The lowest BCUT2D eigenvalue weighted by Crippen LogP contribution is -2.09. The van der Waals surface area contributed by atoms with E-state index in [9.17, 15) is 0 Å². The highest BCUT2D eigenvalue weighted by Crippen LogP contribution is 2.44. The highest BCUT2D eigenvalue weighted by molar-refractivity contribution is 4.84. The molecule has 3 atom stereocenters. The molecule has 3 unspecified atom stereocenters. The Balaban J connectivity index is 2.23. The van der Waals surface area contributed by atoms with E-state index in [2.05, 4.69) is 27.7 Å². The van der Waals surface area contributed by atoms with Crippen LogP contribution in [0.3, 0.4) is 0 Å². The molecule has 0 aliphatic heterocycles. The SMILES string of the molecule is CCCC(CC1CC1C)C(C)C. The van der Waals surface area contributed by atoms with Crippen LogP contribution in [0.1, 0.15) is 53.4 Å². The zero-order chi connectivity index (χ0) is 9.14. The molecule has 0 heteroatoms. The van der Waals surface area contributed by atoms with Crippen molar-refractivity contribution in [1.29, 1.82) is 0 Å². The maximum atomic E-state index is 2.40. The van der Waals surface area contributed by atoms with Crippen LogP contribution in [-0.4, -0.2) is 0 Å². The maximum Gasteiger partial charge on any atom is -0.0383 e. The van der Waals surface area contributed by atoms with E-state index in [1.54, 1.807) is 0 Å². The summed E-state index contributed by atoms with van der Waals surface area (Å²) in [5.74, 6) is 4.04. The van der Waals surface area contributed by atoms with Crippen molar-refractivity contribution in [2.75, 3.05) is 0 Å². The summed E-state index contributed by atoms with van der Waals surface area (Å²) in [4.78, 5) is 0. The van der Waals surface area contributed by atoms with Crippen LogP contribution in [0.2, 0.25) is 0 Å². The van der Waals surface area contributed by atoms with Gasteiger partial charge in [-0.25, -0.2) is 0 Å². The number of rotatable bonds is 5. The van der Waals surface area contributed by atoms with Gasteiger partial charge in [-0.2, -0.15) is 0 Å². The van der Waals surface area contributed by atoms with Gasteiger partial charge < -0.3 is 0 Å². The van der Waals surface area contributed by atoms with Gasteiger partial charge in [0.1, 0.15) is 0 Å². The highest BCUT2D eigenvalue weighted by Gasteiger charge is 2.34. The third-order valence-corrected chi connectivity index (χ3v) is 3.48. The summed E-state index contributed by atoms with van der Waals surface area (Å²) in [5, 5.41) is 0. The monoisotopic (exact) mass is 168 g/mol. The Hall–Kier alpha value is 0. The minimum atomic E-state index is 0.901. The molecule has 1 saturated carbocycles. The Morgan fingerprint density at radius 1 is 1.33 bits per heavy atom. The van der Waals surface area contributed by atoms with E-state index in [0.717, 1.165) is 23.7 Å². The topological polar surface area (TPSA) is 0 Å². The Labute approximate surface area is 77.7 Å². The van der Waals surface area contributed by atoms with Gasteiger partial charge in [-0.1, -0.05) is 40.5 Å². The summed E-state index contributed by atoms with van der Waals surface area (Å²) in [7, 11) is 0. The molecule has 1 aliphatic carbocycles. The van der Waals surface area contributed by atoms with Crippen molar-refractivity contribution in [2.24, 2.45) is 23.7 Å². The average molecular weight is 168 g/mol.